The van der Waals surface area contributed by atoms with Crippen molar-refractivity contribution < 1.29 is 0 Å². The van der Waals surface area contributed by atoms with E-state index in [-0.39, 0.29) is 0 Å². The summed E-state index contributed by atoms with van der Waals surface area (Å²) in [5.41, 5.74) is 3.81. The van der Waals surface area contributed by atoms with E-state index in [1.54, 1.807) is 6.20 Å². The van der Waals surface area contributed by atoms with Crippen molar-refractivity contribution in [3.63, 3.8) is 0 Å². The van der Waals surface area contributed by atoms with Crippen molar-refractivity contribution in [2.75, 3.05) is 0 Å². The van der Waals surface area contributed by atoms with E-state index in [0.717, 1.165) is 25.0 Å². The molecule has 3 aromatic heterocycles. The molecule has 0 spiro atoms. The monoisotopic (exact) mass is 321 g/mol. The first-order chi connectivity index (χ1) is 11.8. The van der Waals surface area contributed by atoms with Crippen LogP contribution in [0, 0.1) is 0 Å². The van der Waals surface area contributed by atoms with Gasteiger partial charge in [0.1, 0.15) is 0 Å². The van der Waals surface area contributed by atoms with Crippen LogP contribution >= 0.6 is 0 Å². The second kappa shape index (κ2) is 12.9. The van der Waals surface area contributed by atoms with E-state index in [4.69, 9.17) is 0 Å². The van der Waals surface area contributed by atoms with Crippen LogP contribution in [0.4, 0.5) is 0 Å². The minimum Gasteiger partial charge on any atom is -0.265 e. The van der Waals surface area contributed by atoms with E-state index in [9.17, 15) is 0 Å². The van der Waals surface area contributed by atoms with Crippen molar-refractivity contribution in [3.05, 3.63) is 90.3 Å². The van der Waals surface area contributed by atoms with E-state index < -0.39 is 0 Å². The van der Waals surface area contributed by atoms with Crippen LogP contribution < -0.4 is 0 Å². The predicted octanol–water partition coefficient (Wildman–Crippen LogP) is 4.93. The van der Waals surface area contributed by atoms with E-state index >= 15 is 0 Å². The van der Waals surface area contributed by atoms with Gasteiger partial charge in [0.25, 0.3) is 0 Å². The molecular formula is C21H27N3. The van der Waals surface area contributed by atoms with Crippen LogP contribution in [-0.4, -0.2) is 15.0 Å². The summed E-state index contributed by atoms with van der Waals surface area (Å²) < 4.78 is 0. The Morgan fingerprint density at radius 3 is 1.75 bits per heavy atom. The highest BCUT2D eigenvalue weighted by atomic mass is 14.7. The van der Waals surface area contributed by atoms with Crippen LogP contribution in [0.15, 0.2) is 73.4 Å². The molecule has 0 atom stereocenters. The van der Waals surface area contributed by atoms with Crippen LogP contribution in [-0.2, 0) is 19.3 Å². The number of aromatic nitrogens is 3. The zero-order valence-electron chi connectivity index (χ0n) is 14.9. The number of hydrogen-bond acceptors (Lipinski definition) is 3. The molecule has 0 aliphatic rings. The normalized spacial score (nSPS) is 9.12. The Balaban J connectivity index is 0.000000180. The van der Waals surface area contributed by atoms with E-state index in [2.05, 4.69) is 41.8 Å². The number of pyridine rings is 3. The number of hydrogen-bond donors (Lipinski definition) is 0. The average Bonchev–Trinajstić information content (AvgIpc) is 2.71. The molecule has 0 N–H and O–H groups in total. The first-order valence-electron chi connectivity index (χ1n) is 8.47. The summed E-state index contributed by atoms with van der Waals surface area (Å²) in [5, 5.41) is 0. The summed E-state index contributed by atoms with van der Waals surface area (Å²) >= 11 is 0. The van der Waals surface area contributed by atoms with Gasteiger partial charge < -0.3 is 0 Å². The van der Waals surface area contributed by atoms with Crippen molar-refractivity contribution in [1.29, 1.82) is 0 Å². The lowest BCUT2D eigenvalue weighted by Gasteiger charge is -1.89. The molecule has 0 amide bonds. The van der Waals surface area contributed by atoms with Gasteiger partial charge in [0.15, 0.2) is 0 Å². The fourth-order valence-electron chi connectivity index (χ4n) is 1.83. The first-order valence-corrected chi connectivity index (χ1v) is 8.47. The maximum absolute atomic E-state index is 4.10. The van der Waals surface area contributed by atoms with Crippen molar-refractivity contribution in [2.45, 2.75) is 40.0 Å². The summed E-state index contributed by atoms with van der Waals surface area (Å²) in [5.74, 6) is 0. The van der Waals surface area contributed by atoms with Gasteiger partial charge in [0, 0.05) is 36.7 Å². The lowest BCUT2D eigenvalue weighted by Crippen LogP contribution is -1.81. The molecule has 3 nitrogen and oxygen atoms in total. The summed E-state index contributed by atoms with van der Waals surface area (Å²) in [6.45, 7) is 6.36. The zero-order chi connectivity index (χ0) is 17.5. The van der Waals surface area contributed by atoms with Gasteiger partial charge in [0.05, 0.1) is 0 Å². The quantitative estimate of drug-likeness (QED) is 0.686. The second-order valence-electron chi connectivity index (χ2n) is 5.10. The smallest absolute Gasteiger partial charge is 0.0400 e. The summed E-state index contributed by atoms with van der Waals surface area (Å²) in [4.78, 5) is 11.9. The Bertz CT molecular complexity index is 531. The number of aryl methyl sites for hydroxylation is 3. The molecular weight excluding hydrogens is 294 g/mol. The third kappa shape index (κ3) is 8.79. The highest BCUT2D eigenvalue weighted by molar-refractivity contribution is 5.08. The third-order valence-corrected chi connectivity index (χ3v) is 3.38. The molecule has 3 rings (SSSR count). The van der Waals surface area contributed by atoms with Gasteiger partial charge in [-0.15, -0.1) is 0 Å². The Morgan fingerprint density at radius 1 is 0.625 bits per heavy atom. The second-order valence-corrected chi connectivity index (χ2v) is 5.10. The predicted molar refractivity (Wildman–Crippen MR) is 101 cm³/mol. The van der Waals surface area contributed by atoms with Gasteiger partial charge in [-0.25, -0.2) is 0 Å². The molecule has 126 valence electrons. The Hall–Kier alpha value is -2.55. The minimum absolute atomic E-state index is 1.03. The van der Waals surface area contributed by atoms with Crippen molar-refractivity contribution in [1.82, 2.24) is 15.0 Å². The summed E-state index contributed by atoms with van der Waals surface area (Å²) in [6.07, 6.45) is 12.3. The number of rotatable bonds is 3. The molecule has 0 radical (unpaired) electrons. The molecule has 24 heavy (non-hydrogen) atoms. The molecule has 0 aromatic carbocycles. The van der Waals surface area contributed by atoms with Gasteiger partial charge in [0.2, 0.25) is 0 Å². The molecule has 3 heteroatoms. The molecule has 0 aliphatic carbocycles. The lowest BCUT2D eigenvalue weighted by molar-refractivity contribution is 1.04. The van der Waals surface area contributed by atoms with Crippen molar-refractivity contribution >= 4 is 0 Å². The zero-order valence-corrected chi connectivity index (χ0v) is 14.9. The summed E-state index contributed by atoms with van der Waals surface area (Å²) in [7, 11) is 0. The van der Waals surface area contributed by atoms with Gasteiger partial charge in [-0.3, -0.25) is 15.0 Å². The average molecular weight is 321 g/mol. The van der Waals surface area contributed by atoms with Gasteiger partial charge in [-0.05, 0) is 60.7 Å². The van der Waals surface area contributed by atoms with Crippen LogP contribution in [0.3, 0.4) is 0 Å². The van der Waals surface area contributed by atoms with Gasteiger partial charge >= 0.3 is 0 Å². The van der Waals surface area contributed by atoms with Crippen LogP contribution in [0.5, 0.6) is 0 Å². The minimum atomic E-state index is 1.03. The lowest BCUT2D eigenvalue weighted by atomic mass is 10.2. The number of nitrogens with zero attached hydrogens (tertiary/aromatic N) is 3. The molecule has 0 saturated carbocycles. The van der Waals surface area contributed by atoms with E-state index in [0.29, 0.717) is 0 Å². The summed E-state index contributed by atoms with van der Waals surface area (Å²) in [6, 6.07) is 14.1. The van der Waals surface area contributed by atoms with Crippen LogP contribution in [0.25, 0.3) is 0 Å². The van der Waals surface area contributed by atoms with Gasteiger partial charge in [-0.1, -0.05) is 32.9 Å². The Kier molecular flexibility index (Phi) is 10.5. The Morgan fingerprint density at radius 2 is 1.38 bits per heavy atom. The standard InChI is InChI=1S/3C7H9N/c1-2-7-3-5-8-6-4-7;1-2-7-4-3-5-8-6-7;1-2-7-5-3-4-6-8-7/h3*3-6H,2H2,1H3. The topological polar surface area (TPSA) is 38.7 Å². The molecule has 0 bridgehead atoms. The van der Waals surface area contributed by atoms with E-state index in [1.807, 2.05) is 61.2 Å². The van der Waals surface area contributed by atoms with Crippen molar-refractivity contribution in [2.24, 2.45) is 0 Å². The molecule has 3 aromatic rings. The highest BCUT2D eigenvalue weighted by Gasteiger charge is 1.82. The molecule has 3 heterocycles. The fraction of sp³-hybridized carbons (Fsp3) is 0.286. The molecule has 0 aliphatic heterocycles. The maximum Gasteiger partial charge on any atom is 0.0400 e. The molecule has 0 unspecified atom stereocenters. The first kappa shape index (κ1) is 19.5. The molecule has 0 saturated heterocycles. The highest BCUT2D eigenvalue weighted by Crippen LogP contribution is 1.95. The van der Waals surface area contributed by atoms with Gasteiger partial charge in [-0.2, -0.15) is 0 Å². The van der Waals surface area contributed by atoms with E-state index in [1.165, 1.54) is 11.1 Å². The fourth-order valence-corrected chi connectivity index (χ4v) is 1.83. The van der Waals surface area contributed by atoms with Crippen molar-refractivity contribution in [3.8, 4) is 0 Å². The van der Waals surface area contributed by atoms with Crippen LogP contribution in [0.1, 0.15) is 37.6 Å². The largest absolute Gasteiger partial charge is 0.265 e. The molecule has 0 fully saturated rings. The van der Waals surface area contributed by atoms with Crippen LogP contribution in [0.2, 0.25) is 0 Å². The third-order valence-electron chi connectivity index (χ3n) is 3.38. The SMILES string of the molecule is CCc1ccccn1.CCc1cccnc1.CCc1ccncc1. The maximum atomic E-state index is 4.10. The Labute approximate surface area is 145 Å².